The molecule has 170 valence electrons. The van der Waals surface area contributed by atoms with Crippen molar-refractivity contribution >= 4 is 15.8 Å². The van der Waals surface area contributed by atoms with Crippen molar-refractivity contribution in [3.63, 3.8) is 0 Å². The number of nitrogens with zero attached hydrogens (tertiary/aromatic N) is 1. The van der Waals surface area contributed by atoms with Crippen LogP contribution in [0, 0.1) is 0 Å². The van der Waals surface area contributed by atoms with Gasteiger partial charge in [0.05, 0.1) is 30.5 Å². The third kappa shape index (κ3) is 3.96. The van der Waals surface area contributed by atoms with Gasteiger partial charge in [0, 0.05) is 13.0 Å². The summed E-state index contributed by atoms with van der Waals surface area (Å²) in [5.41, 5.74) is -0.277. The average Bonchev–Trinajstić information content (AvgIpc) is 3.23. The van der Waals surface area contributed by atoms with Gasteiger partial charge in [0.1, 0.15) is 17.1 Å². The Morgan fingerprint density at radius 1 is 0.939 bits per heavy atom. The fraction of sp³-hybridized carbons (Fsp3) is 0.240. The number of carbonyl (C=O) groups is 1. The number of fused-ring (bicyclic) bond motifs is 1. The highest BCUT2D eigenvalue weighted by molar-refractivity contribution is 7.89. The minimum atomic E-state index is -3.75. The molecular formula is C25H23NO6S. The van der Waals surface area contributed by atoms with E-state index < -0.39 is 15.6 Å². The van der Waals surface area contributed by atoms with Crippen LogP contribution in [0.5, 0.6) is 23.0 Å². The molecule has 1 saturated heterocycles. The molecule has 8 heteroatoms. The highest BCUT2D eigenvalue weighted by atomic mass is 32.2. The van der Waals surface area contributed by atoms with Gasteiger partial charge in [-0.2, -0.15) is 4.31 Å². The first kappa shape index (κ1) is 21.5. The molecule has 0 bridgehead atoms. The van der Waals surface area contributed by atoms with Crippen molar-refractivity contribution < 1.29 is 27.4 Å². The molecule has 0 N–H and O–H groups in total. The number of para-hydroxylation sites is 3. The van der Waals surface area contributed by atoms with E-state index in [1.807, 2.05) is 18.2 Å². The summed E-state index contributed by atoms with van der Waals surface area (Å²) in [6.45, 7) is 0.423. The number of methoxy groups -OCH3 is 1. The third-order valence-corrected chi connectivity index (χ3v) is 7.90. The molecular weight excluding hydrogens is 442 g/mol. The van der Waals surface area contributed by atoms with E-state index in [1.54, 1.807) is 49.6 Å². The monoisotopic (exact) mass is 465 g/mol. The van der Waals surface area contributed by atoms with Crippen LogP contribution in [0.1, 0.15) is 23.2 Å². The number of ketones is 1. The number of hydrogen-bond acceptors (Lipinski definition) is 6. The first-order valence-electron chi connectivity index (χ1n) is 10.6. The molecule has 0 saturated carbocycles. The summed E-state index contributed by atoms with van der Waals surface area (Å²) < 4.78 is 45.2. The van der Waals surface area contributed by atoms with Crippen LogP contribution in [0.4, 0.5) is 0 Å². The Morgan fingerprint density at radius 2 is 1.64 bits per heavy atom. The quantitative estimate of drug-likeness (QED) is 0.559. The smallest absolute Gasteiger partial charge is 0.243 e. The number of carbonyl (C=O) groups excluding carboxylic acids is 1. The number of hydrogen-bond donors (Lipinski definition) is 0. The predicted molar refractivity (Wildman–Crippen MR) is 122 cm³/mol. The van der Waals surface area contributed by atoms with Gasteiger partial charge in [0.2, 0.25) is 10.0 Å². The van der Waals surface area contributed by atoms with Crippen molar-refractivity contribution in [3.05, 3.63) is 78.4 Å². The zero-order valence-corrected chi connectivity index (χ0v) is 18.9. The maximum absolute atomic E-state index is 13.3. The van der Waals surface area contributed by atoms with Gasteiger partial charge in [-0.05, 0) is 48.5 Å². The van der Waals surface area contributed by atoms with Gasteiger partial charge >= 0.3 is 0 Å². The summed E-state index contributed by atoms with van der Waals surface area (Å²) in [4.78, 5) is 12.8. The minimum Gasteiger partial charge on any atom is -0.493 e. The molecule has 1 spiro atoms. The second-order valence-electron chi connectivity index (χ2n) is 8.19. The third-order valence-electron chi connectivity index (χ3n) is 6.04. The van der Waals surface area contributed by atoms with E-state index >= 15 is 0 Å². The van der Waals surface area contributed by atoms with E-state index in [2.05, 4.69) is 0 Å². The van der Waals surface area contributed by atoms with E-state index in [1.165, 1.54) is 16.4 Å². The van der Waals surface area contributed by atoms with Crippen molar-refractivity contribution in [2.24, 2.45) is 0 Å². The fourth-order valence-electron chi connectivity index (χ4n) is 4.34. The molecule has 33 heavy (non-hydrogen) atoms. The van der Waals surface area contributed by atoms with Crippen LogP contribution >= 0.6 is 0 Å². The molecule has 5 rings (SSSR count). The summed E-state index contributed by atoms with van der Waals surface area (Å²) in [7, 11) is -2.19. The van der Waals surface area contributed by atoms with Crippen LogP contribution in [-0.2, 0) is 10.0 Å². The van der Waals surface area contributed by atoms with Gasteiger partial charge < -0.3 is 14.2 Å². The lowest BCUT2D eigenvalue weighted by atomic mass is 9.89. The summed E-state index contributed by atoms with van der Waals surface area (Å²) in [6, 6.07) is 20.6. The Morgan fingerprint density at radius 3 is 2.39 bits per heavy atom. The molecule has 7 nitrogen and oxygen atoms in total. The molecule has 0 aliphatic carbocycles. The van der Waals surface area contributed by atoms with Crippen LogP contribution in [0.15, 0.2) is 77.7 Å². The van der Waals surface area contributed by atoms with Gasteiger partial charge in [-0.25, -0.2) is 8.42 Å². The largest absolute Gasteiger partial charge is 0.493 e. The van der Waals surface area contributed by atoms with Crippen LogP contribution in [0.25, 0.3) is 0 Å². The molecule has 3 aromatic carbocycles. The predicted octanol–water partition coefficient (Wildman–Crippen LogP) is 4.29. The number of ether oxygens (including phenoxy) is 3. The zero-order valence-electron chi connectivity index (χ0n) is 18.1. The lowest BCUT2D eigenvalue weighted by molar-refractivity contribution is 0.0498. The highest BCUT2D eigenvalue weighted by Crippen LogP contribution is 2.40. The SMILES string of the molecule is COc1ccccc1Oc1ccc(S(=O)(=O)N2CCC3(CC(=O)c4ccccc4O3)C2)cc1. The van der Waals surface area contributed by atoms with Crippen LogP contribution in [0.2, 0.25) is 0 Å². The van der Waals surface area contributed by atoms with Crippen molar-refractivity contribution in [1.29, 1.82) is 0 Å². The number of rotatable bonds is 5. The second kappa shape index (κ2) is 8.20. The van der Waals surface area contributed by atoms with Gasteiger partial charge in [-0.15, -0.1) is 0 Å². The van der Waals surface area contributed by atoms with Crippen LogP contribution in [0.3, 0.4) is 0 Å². The fourth-order valence-corrected chi connectivity index (χ4v) is 5.86. The van der Waals surface area contributed by atoms with E-state index in [0.717, 1.165) is 0 Å². The van der Waals surface area contributed by atoms with Gasteiger partial charge in [-0.1, -0.05) is 24.3 Å². The lowest BCUT2D eigenvalue weighted by Gasteiger charge is -2.34. The second-order valence-corrected chi connectivity index (χ2v) is 10.1. The molecule has 0 amide bonds. The first-order valence-corrected chi connectivity index (χ1v) is 12.1. The molecule has 2 aliphatic rings. The highest BCUT2D eigenvalue weighted by Gasteiger charge is 2.48. The zero-order chi connectivity index (χ0) is 23.1. The molecule has 1 fully saturated rings. The number of sulfonamides is 1. The maximum atomic E-state index is 13.3. The Bertz CT molecular complexity index is 1300. The van der Waals surface area contributed by atoms with Crippen molar-refractivity contribution in [2.45, 2.75) is 23.3 Å². The molecule has 3 aromatic rings. The average molecular weight is 466 g/mol. The summed E-state index contributed by atoms with van der Waals surface area (Å²) in [6.07, 6.45) is 0.628. The Labute approximate surface area is 192 Å². The van der Waals surface area contributed by atoms with Crippen LogP contribution in [-0.4, -0.2) is 44.3 Å². The van der Waals surface area contributed by atoms with E-state index in [-0.39, 0.29) is 30.2 Å². The van der Waals surface area contributed by atoms with Crippen molar-refractivity contribution in [1.82, 2.24) is 4.31 Å². The number of benzene rings is 3. The Balaban J connectivity index is 1.33. The Hall–Kier alpha value is -3.36. The van der Waals surface area contributed by atoms with Crippen molar-refractivity contribution in [3.8, 4) is 23.0 Å². The molecule has 0 aromatic heterocycles. The molecule has 0 radical (unpaired) electrons. The molecule has 1 unspecified atom stereocenters. The van der Waals surface area contributed by atoms with Gasteiger partial charge in [0.15, 0.2) is 17.3 Å². The van der Waals surface area contributed by atoms with E-state index in [4.69, 9.17) is 14.2 Å². The van der Waals surface area contributed by atoms with E-state index in [9.17, 15) is 13.2 Å². The Kier molecular flexibility index (Phi) is 5.34. The summed E-state index contributed by atoms with van der Waals surface area (Å²) in [5, 5.41) is 0. The molecule has 2 heterocycles. The van der Waals surface area contributed by atoms with Crippen LogP contribution < -0.4 is 14.2 Å². The summed E-state index contributed by atoms with van der Waals surface area (Å²) in [5.74, 6) is 2.12. The molecule has 1 atom stereocenters. The lowest BCUT2D eigenvalue weighted by Crippen LogP contribution is -2.45. The van der Waals surface area contributed by atoms with E-state index in [0.29, 0.717) is 35.0 Å². The first-order chi connectivity index (χ1) is 15.9. The topological polar surface area (TPSA) is 82.1 Å². The maximum Gasteiger partial charge on any atom is 0.243 e. The van der Waals surface area contributed by atoms with Gasteiger partial charge in [-0.3, -0.25) is 4.79 Å². The standard InChI is InChI=1S/C25H23NO6S/c1-30-23-8-4-5-9-24(23)31-18-10-12-19(13-11-18)33(28,29)26-15-14-25(17-26)16-21(27)20-6-2-3-7-22(20)32-25/h2-13H,14-17H2,1H3. The summed E-state index contributed by atoms with van der Waals surface area (Å²) >= 11 is 0. The van der Waals surface area contributed by atoms with Gasteiger partial charge in [0.25, 0.3) is 0 Å². The minimum absolute atomic E-state index is 0.0195. The molecule has 2 aliphatic heterocycles. The van der Waals surface area contributed by atoms with Crippen molar-refractivity contribution in [2.75, 3.05) is 20.2 Å². The number of Topliss-reactive ketones (excluding diaryl/α,β-unsaturated/α-hetero) is 1. The normalized spacial score (nSPS) is 20.3.